The molecular formula is C10H11NO2. The Morgan fingerprint density at radius 1 is 1.46 bits per heavy atom. The smallest absolute Gasteiger partial charge is 0.168 e. The van der Waals surface area contributed by atoms with Crippen LogP contribution >= 0.6 is 0 Å². The number of hydrogen-bond donors (Lipinski definition) is 1. The van der Waals surface area contributed by atoms with Gasteiger partial charge >= 0.3 is 0 Å². The average molecular weight is 177 g/mol. The summed E-state index contributed by atoms with van der Waals surface area (Å²) in [5.74, 6) is -0.0437. The van der Waals surface area contributed by atoms with E-state index < -0.39 is 0 Å². The SMILES string of the molecule is Cc1ccc(C(=O)C/C=N\O)cc1. The molecule has 13 heavy (non-hydrogen) atoms. The normalized spacial score (nSPS) is 10.5. The van der Waals surface area contributed by atoms with Crippen LogP contribution in [0.1, 0.15) is 22.3 Å². The van der Waals surface area contributed by atoms with Gasteiger partial charge in [-0.25, -0.2) is 0 Å². The minimum atomic E-state index is -0.0437. The molecule has 68 valence electrons. The lowest BCUT2D eigenvalue weighted by Crippen LogP contribution is -1.99. The van der Waals surface area contributed by atoms with E-state index in [1.165, 1.54) is 6.21 Å². The van der Waals surface area contributed by atoms with Gasteiger partial charge in [0.2, 0.25) is 0 Å². The van der Waals surface area contributed by atoms with E-state index in [9.17, 15) is 4.79 Å². The van der Waals surface area contributed by atoms with E-state index in [0.717, 1.165) is 5.56 Å². The molecule has 0 amide bonds. The Balaban J connectivity index is 2.72. The van der Waals surface area contributed by atoms with E-state index in [1.807, 2.05) is 19.1 Å². The lowest BCUT2D eigenvalue weighted by Gasteiger charge is -1.97. The zero-order chi connectivity index (χ0) is 9.68. The van der Waals surface area contributed by atoms with Gasteiger partial charge in [0, 0.05) is 12.0 Å². The molecule has 0 heterocycles. The summed E-state index contributed by atoms with van der Waals surface area (Å²) in [5, 5.41) is 10.9. The highest BCUT2D eigenvalue weighted by Gasteiger charge is 2.02. The van der Waals surface area contributed by atoms with E-state index >= 15 is 0 Å². The molecule has 0 radical (unpaired) electrons. The first kappa shape index (κ1) is 9.45. The van der Waals surface area contributed by atoms with Crippen molar-refractivity contribution in [1.29, 1.82) is 0 Å². The van der Waals surface area contributed by atoms with Gasteiger partial charge in [-0.3, -0.25) is 4.79 Å². The third-order valence-electron chi connectivity index (χ3n) is 1.73. The molecule has 0 fully saturated rings. The summed E-state index contributed by atoms with van der Waals surface area (Å²) in [6, 6.07) is 7.29. The zero-order valence-electron chi connectivity index (χ0n) is 7.40. The highest BCUT2D eigenvalue weighted by molar-refractivity contribution is 6.03. The number of aryl methyl sites for hydroxylation is 1. The summed E-state index contributed by atoms with van der Waals surface area (Å²) in [5.41, 5.74) is 1.76. The fourth-order valence-corrected chi connectivity index (χ4v) is 0.981. The number of ketones is 1. The van der Waals surface area contributed by atoms with Gasteiger partial charge in [0.25, 0.3) is 0 Å². The number of carbonyl (C=O) groups excluding carboxylic acids is 1. The molecule has 0 unspecified atom stereocenters. The van der Waals surface area contributed by atoms with Crippen LogP contribution in [0.3, 0.4) is 0 Å². The highest BCUT2D eigenvalue weighted by Crippen LogP contribution is 2.05. The van der Waals surface area contributed by atoms with Gasteiger partial charge in [-0.1, -0.05) is 29.8 Å². The molecule has 0 bridgehead atoms. The monoisotopic (exact) mass is 177 g/mol. The van der Waals surface area contributed by atoms with Gasteiger partial charge in [0.1, 0.15) is 0 Å². The molecule has 3 heteroatoms. The van der Waals surface area contributed by atoms with E-state index in [-0.39, 0.29) is 12.2 Å². The third kappa shape index (κ3) is 2.71. The number of benzene rings is 1. The van der Waals surface area contributed by atoms with Crippen molar-refractivity contribution in [2.24, 2.45) is 5.16 Å². The lowest BCUT2D eigenvalue weighted by atomic mass is 10.1. The number of carbonyl (C=O) groups is 1. The van der Waals surface area contributed by atoms with Crippen LogP contribution in [0.4, 0.5) is 0 Å². The van der Waals surface area contributed by atoms with Gasteiger partial charge in [0.05, 0.1) is 6.21 Å². The average Bonchev–Trinajstić information content (AvgIpc) is 2.15. The van der Waals surface area contributed by atoms with Crippen molar-refractivity contribution in [2.45, 2.75) is 13.3 Å². The summed E-state index contributed by atoms with van der Waals surface area (Å²) >= 11 is 0. The topological polar surface area (TPSA) is 49.7 Å². The van der Waals surface area contributed by atoms with Crippen LogP contribution in [0, 0.1) is 6.92 Å². The molecule has 0 saturated carbocycles. The van der Waals surface area contributed by atoms with Gasteiger partial charge in [0.15, 0.2) is 5.78 Å². The van der Waals surface area contributed by atoms with Crippen molar-refractivity contribution >= 4 is 12.0 Å². The first-order valence-electron chi connectivity index (χ1n) is 4.00. The fraction of sp³-hybridized carbons (Fsp3) is 0.200. The van der Waals surface area contributed by atoms with Crippen LogP contribution in [0.5, 0.6) is 0 Å². The molecule has 1 aromatic rings. The summed E-state index contributed by atoms with van der Waals surface area (Å²) < 4.78 is 0. The number of nitrogens with zero attached hydrogens (tertiary/aromatic N) is 1. The van der Waals surface area contributed by atoms with E-state index in [0.29, 0.717) is 5.56 Å². The second-order valence-electron chi connectivity index (χ2n) is 2.79. The van der Waals surface area contributed by atoms with Crippen LogP contribution in [0.2, 0.25) is 0 Å². The molecule has 3 nitrogen and oxygen atoms in total. The second kappa shape index (κ2) is 4.40. The van der Waals surface area contributed by atoms with Crippen molar-refractivity contribution in [3.63, 3.8) is 0 Å². The van der Waals surface area contributed by atoms with Crippen molar-refractivity contribution in [2.75, 3.05) is 0 Å². The maximum Gasteiger partial charge on any atom is 0.168 e. The lowest BCUT2D eigenvalue weighted by molar-refractivity contribution is 0.100. The molecule has 0 aliphatic carbocycles. The summed E-state index contributed by atoms with van der Waals surface area (Å²) in [7, 11) is 0. The fourth-order valence-electron chi connectivity index (χ4n) is 0.981. The molecule has 0 atom stereocenters. The molecule has 1 aromatic carbocycles. The predicted octanol–water partition coefficient (Wildman–Crippen LogP) is 2.03. The Bertz CT molecular complexity index is 314. The molecule has 1 rings (SSSR count). The van der Waals surface area contributed by atoms with Crippen LogP contribution in [0.15, 0.2) is 29.4 Å². The quantitative estimate of drug-likeness (QED) is 0.332. The Kier molecular flexibility index (Phi) is 3.20. The van der Waals surface area contributed by atoms with Crippen molar-refractivity contribution in [3.8, 4) is 0 Å². The zero-order valence-corrected chi connectivity index (χ0v) is 7.40. The molecule has 1 N–H and O–H groups in total. The van der Waals surface area contributed by atoms with Gasteiger partial charge in [-0.05, 0) is 6.92 Å². The predicted molar refractivity (Wildman–Crippen MR) is 50.4 cm³/mol. The second-order valence-corrected chi connectivity index (χ2v) is 2.79. The van der Waals surface area contributed by atoms with Gasteiger partial charge in [-0.15, -0.1) is 5.16 Å². The largest absolute Gasteiger partial charge is 0.411 e. The maximum absolute atomic E-state index is 11.3. The van der Waals surface area contributed by atoms with Gasteiger partial charge < -0.3 is 5.21 Å². The minimum absolute atomic E-state index is 0.0437. The minimum Gasteiger partial charge on any atom is -0.411 e. The number of oxime groups is 1. The first-order chi connectivity index (χ1) is 6.24. The molecular weight excluding hydrogens is 166 g/mol. The number of Topliss-reactive ketones (excluding diaryl/α,β-unsaturated/α-hetero) is 1. The van der Waals surface area contributed by atoms with Crippen LogP contribution in [-0.4, -0.2) is 17.2 Å². The van der Waals surface area contributed by atoms with E-state index in [4.69, 9.17) is 5.21 Å². The Hall–Kier alpha value is -1.64. The van der Waals surface area contributed by atoms with Crippen molar-refractivity contribution < 1.29 is 10.0 Å². The Labute approximate surface area is 76.7 Å². The van der Waals surface area contributed by atoms with E-state index in [2.05, 4.69) is 5.16 Å². The Morgan fingerprint density at radius 3 is 2.62 bits per heavy atom. The highest BCUT2D eigenvalue weighted by atomic mass is 16.4. The number of rotatable bonds is 3. The maximum atomic E-state index is 11.3. The molecule has 0 saturated heterocycles. The standard InChI is InChI=1S/C10H11NO2/c1-8-2-4-9(5-3-8)10(12)6-7-11-13/h2-5,7,13H,6H2,1H3/b11-7-. The summed E-state index contributed by atoms with van der Waals surface area (Å²) in [6.07, 6.45) is 1.32. The van der Waals surface area contributed by atoms with Crippen LogP contribution in [-0.2, 0) is 0 Å². The number of hydrogen-bond acceptors (Lipinski definition) is 3. The Morgan fingerprint density at radius 2 is 2.08 bits per heavy atom. The molecule has 0 aromatic heterocycles. The van der Waals surface area contributed by atoms with Crippen molar-refractivity contribution in [3.05, 3.63) is 35.4 Å². The van der Waals surface area contributed by atoms with Gasteiger partial charge in [-0.2, -0.15) is 0 Å². The first-order valence-corrected chi connectivity index (χ1v) is 4.00. The van der Waals surface area contributed by atoms with Crippen LogP contribution in [0.25, 0.3) is 0 Å². The van der Waals surface area contributed by atoms with Crippen LogP contribution < -0.4 is 0 Å². The van der Waals surface area contributed by atoms with Crippen molar-refractivity contribution in [1.82, 2.24) is 0 Å². The molecule has 0 aliphatic rings. The third-order valence-corrected chi connectivity index (χ3v) is 1.73. The molecule has 0 spiro atoms. The van der Waals surface area contributed by atoms with E-state index in [1.54, 1.807) is 12.1 Å². The summed E-state index contributed by atoms with van der Waals surface area (Å²) in [4.78, 5) is 11.3. The summed E-state index contributed by atoms with van der Waals surface area (Å²) in [6.45, 7) is 1.96. The molecule has 0 aliphatic heterocycles.